The van der Waals surface area contributed by atoms with Gasteiger partial charge in [0.1, 0.15) is 0 Å². The molecular formula is C11H8Cl2O. The van der Waals surface area contributed by atoms with E-state index in [4.69, 9.17) is 27.9 Å². The molecule has 1 aromatic carbocycles. The van der Waals surface area contributed by atoms with Crippen molar-refractivity contribution < 1.29 is 4.74 Å². The summed E-state index contributed by atoms with van der Waals surface area (Å²) in [6.45, 7) is 5.88. The normalized spacial score (nSPS) is 14.5. The first-order valence-electron chi connectivity index (χ1n) is 4.11. The third kappa shape index (κ3) is 1.43. The van der Waals surface area contributed by atoms with Crippen molar-refractivity contribution in [2.45, 2.75) is 6.92 Å². The molecule has 1 aliphatic heterocycles. The van der Waals surface area contributed by atoms with Crippen LogP contribution in [0.1, 0.15) is 12.5 Å². The summed E-state index contributed by atoms with van der Waals surface area (Å²) in [5.74, 6) is 0.631. The van der Waals surface area contributed by atoms with Crippen LogP contribution in [0.25, 0.3) is 5.57 Å². The van der Waals surface area contributed by atoms with E-state index in [0.29, 0.717) is 15.8 Å². The topological polar surface area (TPSA) is 9.23 Å². The zero-order valence-electron chi connectivity index (χ0n) is 7.60. The Labute approximate surface area is 92.6 Å². The van der Waals surface area contributed by atoms with Crippen LogP contribution >= 0.6 is 23.2 Å². The summed E-state index contributed by atoms with van der Waals surface area (Å²) < 4.78 is 5.38. The maximum Gasteiger partial charge on any atom is 0.153 e. The summed E-state index contributed by atoms with van der Waals surface area (Å²) in [7, 11) is 0. The van der Waals surface area contributed by atoms with Crippen LogP contribution in [0.2, 0.25) is 10.0 Å². The molecule has 0 amide bonds. The molecule has 1 aromatic rings. The summed E-state index contributed by atoms with van der Waals surface area (Å²) in [5, 5.41) is 1.10. The van der Waals surface area contributed by atoms with Crippen molar-refractivity contribution in [3.63, 3.8) is 0 Å². The highest BCUT2D eigenvalue weighted by Gasteiger charge is 2.17. The first-order valence-corrected chi connectivity index (χ1v) is 4.87. The predicted octanol–water partition coefficient (Wildman–Crippen LogP) is 4.30. The van der Waals surface area contributed by atoms with Gasteiger partial charge < -0.3 is 4.74 Å². The standard InChI is InChI=1S/C11H8Cl2O/c1-6-5-14-11-9(7(6)2)3-8(12)4-10(11)13/h3-5H,2H2,1H3. The molecule has 0 bridgehead atoms. The second-order valence-electron chi connectivity index (χ2n) is 3.16. The molecule has 1 nitrogen and oxygen atoms in total. The van der Waals surface area contributed by atoms with Crippen LogP contribution in [0.15, 0.2) is 30.5 Å². The molecule has 1 heterocycles. The molecule has 72 valence electrons. The Balaban J connectivity index is 2.66. The van der Waals surface area contributed by atoms with Gasteiger partial charge in [-0.3, -0.25) is 0 Å². The fourth-order valence-electron chi connectivity index (χ4n) is 1.34. The summed E-state index contributed by atoms with van der Waals surface area (Å²) in [6.07, 6.45) is 1.64. The molecule has 0 N–H and O–H groups in total. The Morgan fingerprint density at radius 1 is 1.29 bits per heavy atom. The highest BCUT2D eigenvalue weighted by Crippen LogP contribution is 2.40. The minimum Gasteiger partial charge on any atom is -0.462 e. The molecular weight excluding hydrogens is 219 g/mol. The van der Waals surface area contributed by atoms with Gasteiger partial charge in [0.2, 0.25) is 0 Å². The quantitative estimate of drug-likeness (QED) is 0.641. The number of rotatable bonds is 0. The Morgan fingerprint density at radius 2 is 2.00 bits per heavy atom. The number of fused-ring (bicyclic) bond motifs is 1. The number of allylic oxidation sites excluding steroid dienone is 2. The minimum atomic E-state index is 0.511. The van der Waals surface area contributed by atoms with E-state index in [2.05, 4.69) is 6.58 Å². The van der Waals surface area contributed by atoms with Crippen LogP contribution in [0.3, 0.4) is 0 Å². The Hall–Kier alpha value is -0.920. The lowest BCUT2D eigenvalue weighted by Gasteiger charge is -2.18. The molecule has 2 rings (SSSR count). The van der Waals surface area contributed by atoms with Gasteiger partial charge in [-0.15, -0.1) is 0 Å². The van der Waals surface area contributed by atoms with E-state index >= 15 is 0 Å². The molecule has 0 saturated carbocycles. The first kappa shape index (κ1) is 9.63. The van der Waals surface area contributed by atoms with Crippen molar-refractivity contribution >= 4 is 28.8 Å². The van der Waals surface area contributed by atoms with E-state index < -0.39 is 0 Å². The van der Waals surface area contributed by atoms with E-state index in [1.165, 1.54) is 0 Å². The molecule has 1 aliphatic rings. The molecule has 0 spiro atoms. The van der Waals surface area contributed by atoms with Crippen LogP contribution in [0, 0.1) is 0 Å². The fourth-order valence-corrected chi connectivity index (χ4v) is 1.87. The van der Waals surface area contributed by atoms with Gasteiger partial charge >= 0.3 is 0 Å². The molecule has 0 radical (unpaired) electrons. The lowest BCUT2D eigenvalue weighted by molar-refractivity contribution is 0.471. The SMILES string of the molecule is C=C1C(C)=COc2c(Cl)cc(Cl)cc21. The van der Waals surface area contributed by atoms with Gasteiger partial charge in [0, 0.05) is 10.6 Å². The van der Waals surface area contributed by atoms with Gasteiger partial charge in [0.15, 0.2) is 5.75 Å². The number of hydrogen-bond acceptors (Lipinski definition) is 1. The van der Waals surface area contributed by atoms with Crippen molar-refractivity contribution in [2.24, 2.45) is 0 Å². The van der Waals surface area contributed by atoms with Crippen molar-refractivity contribution in [3.05, 3.63) is 46.2 Å². The summed E-state index contributed by atoms with van der Waals surface area (Å²) in [4.78, 5) is 0. The lowest BCUT2D eigenvalue weighted by atomic mass is 9.99. The van der Waals surface area contributed by atoms with E-state index in [0.717, 1.165) is 16.7 Å². The smallest absolute Gasteiger partial charge is 0.153 e. The zero-order chi connectivity index (χ0) is 10.3. The van der Waals surface area contributed by atoms with E-state index in [1.807, 2.05) is 13.0 Å². The van der Waals surface area contributed by atoms with Gasteiger partial charge in [-0.2, -0.15) is 0 Å². The maximum absolute atomic E-state index is 5.98. The average Bonchev–Trinajstić information content (AvgIpc) is 2.12. The van der Waals surface area contributed by atoms with Crippen molar-refractivity contribution in [1.82, 2.24) is 0 Å². The van der Waals surface area contributed by atoms with Gasteiger partial charge in [-0.05, 0) is 30.2 Å². The third-order valence-electron chi connectivity index (χ3n) is 2.16. The van der Waals surface area contributed by atoms with Crippen LogP contribution in [0.4, 0.5) is 0 Å². The predicted molar refractivity (Wildman–Crippen MR) is 59.9 cm³/mol. The van der Waals surface area contributed by atoms with E-state index in [9.17, 15) is 0 Å². The van der Waals surface area contributed by atoms with E-state index in [1.54, 1.807) is 12.3 Å². The molecule has 3 heteroatoms. The van der Waals surface area contributed by atoms with Crippen LogP contribution < -0.4 is 4.74 Å². The van der Waals surface area contributed by atoms with Crippen LogP contribution in [0.5, 0.6) is 5.75 Å². The third-order valence-corrected chi connectivity index (χ3v) is 2.66. The van der Waals surface area contributed by atoms with Crippen LogP contribution in [-0.4, -0.2) is 0 Å². The maximum atomic E-state index is 5.98. The average molecular weight is 227 g/mol. The van der Waals surface area contributed by atoms with Crippen molar-refractivity contribution in [2.75, 3.05) is 0 Å². The van der Waals surface area contributed by atoms with Crippen LogP contribution in [-0.2, 0) is 0 Å². The summed E-state index contributed by atoms with van der Waals surface area (Å²) in [6, 6.07) is 3.46. The van der Waals surface area contributed by atoms with Crippen molar-refractivity contribution in [3.8, 4) is 5.75 Å². The molecule has 0 unspecified atom stereocenters. The largest absolute Gasteiger partial charge is 0.462 e. The highest BCUT2D eigenvalue weighted by atomic mass is 35.5. The van der Waals surface area contributed by atoms with Crippen molar-refractivity contribution in [1.29, 1.82) is 0 Å². The second kappa shape index (κ2) is 3.34. The summed E-state index contributed by atoms with van der Waals surface area (Å²) >= 11 is 11.9. The van der Waals surface area contributed by atoms with Gasteiger partial charge in [-0.25, -0.2) is 0 Å². The Morgan fingerprint density at radius 3 is 2.71 bits per heavy atom. The lowest BCUT2D eigenvalue weighted by Crippen LogP contribution is -2.00. The number of hydrogen-bond donors (Lipinski definition) is 0. The van der Waals surface area contributed by atoms with E-state index in [-0.39, 0.29) is 0 Å². The highest BCUT2D eigenvalue weighted by molar-refractivity contribution is 6.36. The van der Waals surface area contributed by atoms with Gasteiger partial charge in [-0.1, -0.05) is 29.8 Å². The number of benzene rings is 1. The van der Waals surface area contributed by atoms with Gasteiger partial charge in [0.05, 0.1) is 11.3 Å². The number of halogens is 2. The molecule has 0 fully saturated rings. The molecule has 0 aliphatic carbocycles. The Kier molecular flexibility index (Phi) is 2.30. The molecule has 14 heavy (non-hydrogen) atoms. The minimum absolute atomic E-state index is 0.511. The molecule has 0 atom stereocenters. The zero-order valence-corrected chi connectivity index (χ0v) is 9.12. The number of ether oxygens (including phenoxy) is 1. The van der Waals surface area contributed by atoms with Gasteiger partial charge in [0.25, 0.3) is 0 Å². The molecule has 0 aromatic heterocycles. The Bertz CT molecular complexity index is 447. The fraction of sp³-hybridized carbons (Fsp3) is 0.0909. The second-order valence-corrected chi connectivity index (χ2v) is 4.01. The monoisotopic (exact) mass is 226 g/mol. The first-order chi connectivity index (χ1) is 6.59. The molecule has 0 saturated heterocycles. The summed E-state index contributed by atoms with van der Waals surface area (Å²) in [5.41, 5.74) is 2.74.